The highest BCUT2D eigenvalue weighted by Gasteiger charge is 2.55. The van der Waals surface area contributed by atoms with Crippen LogP contribution in [0.5, 0.6) is 0 Å². The fraction of sp³-hybridized carbons (Fsp3) is 0.533. The topological polar surface area (TPSA) is 89.5 Å². The number of carbonyl (C=O) groups is 2. The summed E-state index contributed by atoms with van der Waals surface area (Å²) in [6, 6.07) is -0.259. The molecule has 3 atom stereocenters. The van der Waals surface area contributed by atoms with E-state index in [0.717, 1.165) is 5.56 Å². The molecule has 3 heterocycles. The quantitative estimate of drug-likeness (QED) is 0.530. The van der Waals surface area contributed by atoms with Crippen molar-refractivity contribution < 1.29 is 24.5 Å². The summed E-state index contributed by atoms with van der Waals surface area (Å²) in [5.41, 5.74) is 1.04. The van der Waals surface area contributed by atoms with Gasteiger partial charge in [0.15, 0.2) is 13.2 Å². The van der Waals surface area contributed by atoms with Crippen LogP contribution in [0.2, 0.25) is 0 Å². The molecule has 0 aliphatic carbocycles. The van der Waals surface area contributed by atoms with Crippen molar-refractivity contribution in [3.05, 3.63) is 28.6 Å². The number of rotatable bonds is 5. The number of fused-ring (bicyclic) bond motifs is 1. The summed E-state index contributed by atoms with van der Waals surface area (Å²) in [6.07, 6.45) is 3.64. The minimum Gasteiger partial charge on any atom is -0.543 e. The van der Waals surface area contributed by atoms with E-state index in [-0.39, 0.29) is 17.6 Å². The third-order valence-electron chi connectivity index (χ3n) is 4.50. The molecule has 1 aromatic heterocycles. The van der Waals surface area contributed by atoms with Crippen LogP contribution in [-0.2, 0) is 29.4 Å². The molecule has 0 saturated carbocycles. The zero-order chi connectivity index (χ0) is 16.9. The number of β-lactam (4-membered cyclic amide) rings is 1. The first kappa shape index (κ1) is 16.1. The van der Waals surface area contributed by atoms with Crippen molar-refractivity contribution in [2.75, 3.05) is 0 Å². The molecule has 124 valence electrons. The Morgan fingerprint density at radius 2 is 2.30 bits per heavy atom. The molecule has 2 aliphatic rings. The summed E-state index contributed by atoms with van der Waals surface area (Å²) >= 11 is 1.42. The van der Waals surface area contributed by atoms with Crippen molar-refractivity contribution >= 4 is 23.6 Å². The van der Waals surface area contributed by atoms with Crippen molar-refractivity contribution in [3.8, 4) is 0 Å². The molecule has 1 saturated heterocycles. The van der Waals surface area contributed by atoms with Crippen LogP contribution < -0.4 is 9.79 Å². The summed E-state index contributed by atoms with van der Waals surface area (Å²) < 4.78 is 3.86. The number of aryl methyl sites for hydroxylation is 2. The van der Waals surface area contributed by atoms with Gasteiger partial charge in [-0.3, -0.25) is 4.79 Å². The van der Waals surface area contributed by atoms with E-state index < -0.39 is 18.0 Å². The SMILES string of the molecule is C[C@@H](O)[C@H]1C(=O)N2C(C(=O)[O-])=C(SCc3cn(C)[n+](C)c3)C[C@H]12. The predicted molar refractivity (Wildman–Crippen MR) is 80.3 cm³/mol. The van der Waals surface area contributed by atoms with E-state index in [4.69, 9.17) is 0 Å². The van der Waals surface area contributed by atoms with Gasteiger partial charge in [0.25, 0.3) is 0 Å². The zero-order valence-corrected chi connectivity index (χ0v) is 14.0. The lowest BCUT2D eigenvalue weighted by atomic mass is 9.83. The Morgan fingerprint density at radius 1 is 1.61 bits per heavy atom. The van der Waals surface area contributed by atoms with Crippen molar-refractivity contribution in [1.82, 2.24) is 9.58 Å². The maximum Gasteiger partial charge on any atom is 0.235 e. The first-order valence-corrected chi connectivity index (χ1v) is 8.39. The Bertz CT molecular complexity index is 690. The Labute approximate surface area is 138 Å². The molecule has 3 rings (SSSR count). The second kappa shape index (κ2) is 5.68. The number of aromatic nitrogens is 2. The van der Waals surface area contributed by atoms with Gasteiger partial charge in [0.1, 0.15) is 0 Å². The largest absolute Gasteiger partial charge is 0.543 e. The molecule has 0 radical (unpaired) electrons. The normalized spacial score (nSPS) is 24.7. The Balaban J connectivity index is 1.78. The van der Waals surface area contributed by atoms with Gasteiger partial charge in [-0.15, -0.1) is 16.4 Å². The Kier molecular flexibility index (Phi) is 3.97. The lowest BCUT2D eigenvalue weighted by Gasteiger charge is -2.45. The molecule has 0 aromatic carbocycles. The minimum absolute atomic E-state index is 0.0257. The molecule has 1 aromatic rings. The monoisotopic (exact) mass is 337 g/mol. The number of aliphatic hydroxyl groups excluding tert-OH is 1. The maximum atomic E-state index is 12.1. The molecule has 0 bridgehead atoms. The minimum atomic E-state index is -1.33. The highest BCUT2D eigenvalue weighted by atomic mass is 32.2. The number of aliphatic carboxylic acids is 1. The second-order valence-electron chi connectivity index (χ2n) is 6.07. The second-order valence-corrected chi connectivity index (χ2v) is 7.14. The molecule has 7 nitrogen and oxygen atoms in total. The highest BCUT2D eigenvalue weighted by Crippen LogP contribution is 2.47. The molecular weight excluding hydrogens is 318 g/mol. The van der Waals surface area contributed by atoms with Crippen molar-refractivity contribution in [1.29, 1.82) is 0 Å². The Hall–Kier alpha value is -1.80. The first-order valence-electron chi connectivity index (χ1n) is 7.41. The molecule has 8 heteroatoms. The molecule has 1 fully saturated rings. The molecule has 1 N–H and O–H groups in total. The predicted octanol–water partition coefficient (Wildman–Crippen LogP) is -1.34. The number of thioether (sulfide) groups is 1. The lowest BCUT2D eigenvalue weighted by Crippen LogP contribution is -2.62. The smallest absolute Gasteiger partial charge is 0.235 e. The van der Waals surface area contributed by atoms with E-state index in [1.807, 2.05) is 35.9 Å². The lowest BCUT2D eigenvalue weighted by molar-refractivity contribution is -0.751. The van der Waals surface area contributed by atoms with Crippen LogP contribution in [0.15, 0.2) is 23.0 Å². The average molecular weight is 337 g/mol. The first-order chi connectivity index (χ1) is 10.8. The highest BCUT2D eigenvalue weighted by molar-refractivity contribution is 8.02. The van der Waals surface area contributed by atoms with Gasteiger partial charge in [0.05, 0.1) is 48.5 Å². The molecule has 1 amide bonds. The molecule has 23 heavy (non-hydrogen) atoms. The average Bonchev–Trinajstić information content (AvgIpc) is 2.94. The number of hydrogen-bond donors (Lipinski definition) is 1. The summed E-state index contributed by atoms with van der Waals surface area (Å²) in [4.78, 5) is 25.5. The van der Waals surface area contributed by atoms with Crippen LogP contribution >= 0.6 is 11.8 Å². The van der Waals surface area contributed by atoms with Gasteiger partial charge in [0, 0.05) is 17.1 Å². The fourth-order valence-corrected chi connectivity index (χ4v) is 4.39. The van der Waals surface area contributed by atoms with Crippen LogP contribution in [0.25, 0.3) is 0 Å². The van der Waals surface area contributed by atoms with Crippen molar-refractivity contribution in [2.45, 2.75) is 31.2 Å². The number of carboxylic acid groups (broad SMARTS) is 1. The van der Waals surface area contributed by atoms with E-state index in [0.29, 0.717) is 17.1 Å². The van der Waals surface area contributed by atoms with Crippen LogP contribution in [0, 0.1) is 5.92 Å². The maximum absolute atomic E-state index is 12.1. The summed E-state index contributed by atoms with van der Waals surface area (Å²) in [5, 5.41) is 21.1. The van der Waals surface area contributed by atoms with Gasteiger partial charge in [0.2, 0.25) is 5.91 Å². The van der Waals surface area contributed by atoms with E-state index >= 15 is 0 Å². The molecule has 2 aliphatic heterocycles. The molecule has 0 spiro atoms. The Morgan fingerprint density at radius 3 is 2.83 bits per heavy atom. The van der Waals surface area contributed by atoms with Gasteiger partial charge in [-0.05, 0) is 6.92 Å². The summed E-state index contributed by atoms with van der Waals surface area (Å²) in [6.45, 7) is 1.56. The molecular formula is C15H19N3O4S. The number of hydrogen-bond acceptors (Lipinski definition) is 5. The van der Waals surface area contributed by atoms with E-state index in [1.165, 1.54) is 16.7 Å². The number of carbonyl (C=O) groups excluding carboxylic acids is 2. The van der Waals surface area contributed by atoms with E-state index in [1.54, 1.807) is 6.92 Å². The summed E-state index contributed by atoms with van der Waals surface area (Å²) in [7, 11) is 3.85. The van der Waals surface area contributed by atoms with Crippen LogP contribution in [0.3, 0.4) is 0 Å². The standard InChI is InChI=1S/C15H19N3O4S/c1-8(19)12-10-4-11(13(15(21)22)18(10)14(12)20)23-7-9-5-16(2)17(3)6-9/h5-6,8,10,12,19H,4,7H2,1-3H3/t8-,10-,12-/m1/s1. The number of nitrogens with zero attached hydrogens (tertiary/aromatic N) is 3. The van der Waals surface area contributed by atoms with E-state index in [9.17, 15) is 19.8 Å². The summed E-state index contributed by atoms with van der Waals surface area (Å²) in [5.74, 6) is -1.55. The van der Waals surface area contributed by atoms with Gasteiger partial charge < -0.3 is 19.9 Å². The van der Waals surface area contributed by atoms with Gasteiger partial charge in [-0.2, -0.15) is 4.68 Å². The van der Waals surface area contributed by atoms with Crippen molar-refractivity contribution in [3.63, 3.8) is 0 Å². The van der Waals surface area contributed by atoms with Gasteiger partial charge >= 0.3 is 0 Å². The molecule has 0 unspecified atom stereocenters. The third-order valence-corrected chi connectivity index (χ3v) is 5.68. The third kappa shape index (κ3) is 2.55. The number of amides is 1. The number of aliphatic hydroxyl groups is 1. The van der Waals surface area contributed by atoms with Crippen molar-refractivity contribution in [2.24, 2.45) is 20.0 Å². The fourth-order valence-electron chi connectivity index (χ4n) is 3.29. The van der Waals surface area contributed by atoms with Gasteiger partial charge in [-0.25, -0.2) is 0 Å². The van der Waals surface area contributed by atoms with Gasteiger partial charge in [-0.1, -0.05) is 0 Å². The van der Waals surface area contributed by atoms with Crippen LogP contribution in [0.1, 0.15) is 18.9 Å². The zero-order valence-electron chi connectivity index (χ0n) is 13.2. The van der Waals surface area contributed by atoms with Crippen LogP contribution in [0.4, 0.5) is 0 Å². The van der Waals surface area contributed by atoms with E-state index in [2.05, 4.69) is 0 Å². The van der Waals surface area contributed by atoms with Crippen LogP contribution in [-0.4, -0.2) is 38.7 Å². The number of carboxylic acids is 1.